The molecule has 1 aromatic rings. The molecule has 0 aliphatic carbocycles. The Kier molecular flexibility index (Phi) is 4.37. The van der Waals surface area contributed by atoms with E-state index in [1.54, 1.807) is 0 Å². The van der Waals surface area contributed by atoms with Gasteiger partial charge in [-0.2, -0.15) is 0 Å². The van der Waals surface area contributed by atoms with E-state index in [0.717, 1.165) is 25.8 Å². The maximum atomic E-state index is 12.2. The Balaban J connectivity index is 1.93. The fourth-order valence-electron chi connectivity index (χ4n) is 2.62. The molecule has 1 saturated heterocycles. The van der Waals surface area contributed by atoms with Gasteiger partial charge in [0, 0.05) is 6.54 Å². The molecule has 2 unspecified atom stereocenters. The molecule has 2 atom stereocenters. The van der Waals surface area contributed by atoms with Crippen molar-refractivity contribution in [2.45, 2.75) is 45.3 Å². The van der Waals surface area contributed by atoms with Crippen LogP contribution in [0.5, 0.6) is 0 Å². The summed E-state index contributed by atoms with van der Waals surface area (Å²) in [5.74, 6) is 0.264. The molecule has 2 rings (SSSR count). The van der Waals surface area contributed by atoms with Crippen molar-refractivity contribution in [3.05, 3.63) is 35.9 Å². The van der Waals surface area contributed by atoms with E-state index in [2.05, 4.69) is 24.4 Å². The van der Waals surface area contributed by atoms with Crippen LogP contribution in [0, 0.1) is 0 Å². The molecule has 98 valence electrons. The number of nitrogens with one attached hydrogen (secondary N) is 1. The molecular weight excluding hydrogens is 224 g/mol. The lowest BCUT2D eigenvalue weighted by atomic mass is 10.1. The van der Waals surface area contributed by atoms with Gasteiger partial charge in [0.1, 0.15) is 0 Å². The first-order valence-electron chi connectivity index (χ1n) is 6.86. The molecule has 1 amide bonds. The van der Waals surface area contributed by atoms with Crippen molar-refractivity contribution in [3.8, 4) is 0 Å². The average molecular weight is 246 g/mol. The summed E-state index contributed by atoms with van der Waals surface area (Å²) >= 11 is 0. The molecule has 0 radical (unpaired) electrons. The van der Waals surface area contributed by atoms with Gasteiger partial charge in [0.2, 0.25) is 5.91 Å². The third kappa shape index (κ3) is 2.72. The predicted molar refractivity (Wildman–Crippen MR) is 73.2 cm³/mol. The summed E-state index contributed by atoms with van der Waals surface area (Å²) in [5, 5.41) is 3.44. The third-order valence-corrected chi connectivity index (χ3v) is 3.64. The highest BCUT2D eigenvalue weighted by atomic mass is 16.2. The van der Waals surface area contributed by atoms with Crippen LogP contribution in [-0.4, -0.2) is 29.6 Å². The molecule has 1 aromatic carbocycles. The summed E-state index contributed by atoms with van der Waals surface area (Å²) in [4.78, 5) is 14.1. The summed E-state index contributed by atoms with van der Waals surface area (Å²) in [6.45, 7) is 4.96. The van der Waals surface area contributed by atoms with Gasteiger partial charge >= 0.3 is 0 Å². The van der Waals surface area contributed by atoms with Gasteiger partial charge < -0.3 is 4.90 Å². The Hall–Kier alpha value is -1.35. The fraction of sp³-hybridized carbons (Fsp3) is 0.533. The maximum Gasteiger partial charge on any atom is 0.241 e. The zero-order chi connectivity index (χ0) is 13.0. The van der Waals surface area contributed by atoms with E-state index in [4.69, 9.17) is 0 Å². The average Bonchev–Trinajstić information content (AvgIpc) is 2.73. The lowest BCUT2D eigenvalue weighted by molar-refractivity contribution is -0.129. The highest BCUT2D eigenvalue weighted by Gasteiger charge is 2.36. The van der Waals surface area contributed by atoms with Crippen LogP contribution in [0.3, 0.4) is 0 Å². The van der Waals surface area contributed by atoms with E-state index < -0.39 is 0 Å². The lowest BCUT2D eigenvalue weighted by Gasteiger charge is -2.20. The van der Waals surface area contributed by atoms with Crippen molar-refractivity contribution >= 4 is 5.91 Å². The van der Waals surface area contributed by atoms with E-state index in [1.165, 1.54) is 5.56 Å². The highest BCUT2D eigenvalue weighted by molar-refractivity contribution is 5.84. The molecule has 1 aliphatic heterocycles. The normalized spacial score (nSPS) is 23.7. The molecule has 1 N–H and O–H groups in total. The first kappa shape index (κ1) is 13.1. The lowest BCUT2D eigenvalue weighted by Crippen LogP contribution is -2.36. The second-order valence-corrected chi connectivity index (χ2v) is 4.79. The molecule has 0 spiro atoms. The van der Waals surface area contributed by atoms with Crippen molar-refractivity contribution in [1.82, 2.24) is 10.2 Å². The summed E-state index contributed by atoms with van der Waals surface area (Å²) < 4.78 is 0. The predicted octanol–water partition coefficient (Wildman–Crippen LogP) is 2.18. The van der Waals surface area contributed by atoms with Gasteiger partial charge in [-0.15, -0.1) is 0 Å². The second-order valence-electron chi connectivity index (χ2n) is 4.79. The van der Waals surface area contributed by atoms with E-state index in [9.17, 15) is 4.79 Å². The van der Waals surface area contributed by atoms with Crippen LogP contribution >= 0.6 is 0 Å². The second kappa shape index (κ2) is 6.01. The standard InChI is InChI=1S/C15H22N2O/c1-3-14-16-13(15(18)17(14)4-2)11-10-12-8-6-5-7-9-12/h5-9,13-14,16H,3-4,10-11H2,1-2H3. The summed E-state index contributed by atoms with van der Waals surface area (Å²) in [7, 11) is 0. The fourth-order valence-corrected chi connectivity index (χ4v) is 2.62. The Morgan fingerprint density at radius 1 is 1.22 bits per heavy atom. The SMILES string of the molecule is CCC1NC(CCc2ccccc2)C(=O)N1CC. The maximum absolute atomic E-state index is 12.2. The summed E-state index contributed by atoms with van der Waals surface area (Å²) in [6.07, 6.45) is 3.04. The Morgan fingerprint density at radius 3 is 2.50 bits per heavy atom. The number of aryl methyl sites for hydroxylation is 1. The van der Waals surface area contributed by atoms with E-state index >= 15 is 0 Å². The van der Waals surface area contributed by atoms with Crippen LogP contribution in [0.25, 0.3) is 0 Å². The van der Waals surface area contributed by atoms with Crippen LogP contribution in [0.1, 0.15) is 32.3 Å². The molecule has 18 heavy (non-hydrogen) atoms. The molecule has 0 bridgehead atoms. The van der Waals surface area contributed by atoms with Gasteiger partial charge in [-0.05, 0) is 31.7 Å². The van der Waals surface area contributed by atoms with Crippen molar-refractivity contribution in [3.63, 3.8) is 0 Å². The summed E-state index contributed by atoms with van der Waals surface area (Å²) in [6, 6.07) is 10.4. The van der Waals surface area contributed by atoms with Crippen molar-refractivity contribution in [2.24, 2.45) is 0 Å². The number of benzene rings is 1. The third-order valence-electron chi connectivity index (χ3n) is 3.64. The minimum absolute atomic E-state index is 0.00453. The molecule has 3 nitrogen and oxygen atoms in total. The van der Waals surface area contributed by atoms with Crippen molar-refractivity contribution < 1.29 is 4.79 Å². The first-order valence-corrected chi connectivity index (χ1v) is 6.86. The number of carbonyl (C=O) groups is 1. The van der Waals surface area contributed by atoms with Gasteiger partial charge in [-0.25, -0.2) is 0 Å². The zero-order valence-corrected chi connectivity index (χ0v) is 11.2. The highest BCUT2D eigenvalue weighted by Crippen LogP contribution is 2.17. The molecule has 1 aliphatic rings. The van der Waals surface area contributed by atoms with Crippen molar-refractivity contribution in [2.75, 3.05) is 6.54 Å². The Labute approximate surface area is 109 Å². The topological polar surface area (TPSA) is 32.3 Å². The first-order chi connectivity index (χ1) is 8.76. The Bertz CT molecular complexity index is 391. The van der Waals surface area contributed by atoms with Crippen LogP contribution in [-0.2, 0) is 11.2 Å². The smallest absolute Gasteiger partial charge is 0.241 e. The van der Waals surface area contributed by atoms with E-state index in [1.807, 2.05) is 30.0 Å². The van der Waals surface area contributed by atoms with E-state index in [-0.39, 0.29) is 18.1 Å². The number of likely N-dealkylation sites (N-methyl/N-ethyl adjacent to an activating group) is 1. The number of hydrogen-bond donors (Lipinski definition) is 1. The van der Waals surface area contributed by atoms with E-state index in [0.29, 0.717) is 0 Å². The number of nitrogens with zero attached hydrogens (tertiary/aromatic N) is 1. The zero-order valence-electron chi connectivity index (χ0n) is 11.2. The quantitative estimate of drug-likeness (QED) is 0.863. The summed E-state index contributed by atoms with van der Waals surface area (Å²) in [5.41, 5.74) is 1.30. The number of rotatable bonds is 5. The molecular formula is C15H22N2O. The molecule has 1 fully saturated rings. The minimum Gasteiger partial charge on any atom is -0.326 e. The van der Waals surface area contributed by atoms with Gasteiger partial charge in [-0.1, -0.05) is 37.3 Å². The number of amides is 1. The van der Waals surface area contributed by atoms with Gasteiger partial charge in [0.25, 0.3) is 0 Å². The van der Waals surface area contributed by atoms with Gasteiger partial charge in [0.05, 0.1) is 12.2 Å². The molecule has 1 heterocycles. The van der Waals surface area contributed by atoms with Crippen LogP contribution in [0.4, 0.5) is 0 Å². The number of hydrogen-bond acceptors (Lipinski definition) is 2. The molecule has 0 saturated carbocycles. The molecule has 3 heteroatoms. The van der Waals surface area contributed by atoms with Crippen LogP contribution in [0.2, 0.25) is 0 Å². The van der Waals surface area contributed by atoms with Gasteiger partial charge in [0.15, 0.2) is 0 Å². The minimum atomic E-state index is -0.00453. The van der Waals surface area contributed by atoms with Crippen molar-refractivity contribution in [1.29, 1.82) is 0 Å². The van der Waals surface area contributed by atoms with Gasteiger partial charge in [-0.3, -0.25) is 10.1 Å². The Morgan fingerprint density at radius 2 is 1.94 bits per heavy atom. The monoisotopic (exact) mass is 246 g/mol. The molecule has 0 aromatic heterocycles. The number of carbonyl (C=O) groups excluding carboxylic acids is 1. The van der Waals surface area contributed by atoms with Crippen LogP contribution < -0.4 is 5.32 Å². The van der Waals surface area contributed by atoms with Crippen LogP contribution in [0.15, 0.2) is 30.3 Å². The largest absolute Gasteiger partial charge is 0.326 e.